The van der Waals surface area contributed by atoms with Crippen LogP contribution in [0.1, 0.15) is 29.8 Å². The minimum Gasteiger partial charge on any atom is -0.350 e. The van der Waals surface area contributed by atoms with E-state index in [1.807, 2.05) is 32.9 Å². The van der Waals surface area contributed by atoms with E-state index in [1.54, 1.807) is 12.1 Å². The summed E-state index contributed by atoms with van der Waals surface area (Å²) >= 11 is 0. The summed E-state index contributed by atoms with van der Waals surface area (Å²) in [7, 11) is 1.50. The molecule has 0 aliphatic heterocycles. The molecule has 170 valence electrons. The van der Waals surface area contributed by atoms with Gasteiger partial charge in [-0.25, -0.2) is 13.9 Å². The molecule has 0 saturated heterocycles. The molecule has 2 heterocycles. The van der Waals surface area contributed by atoms with Crippen molar-refractivity contribution in [2.75, 3.05) is 5.32 Å². The van der Waals surface area contributed by atoms with E-state index in [9.17, 15) is 19.2 Å². The Hall–Kier alpha value is -4.21. The molecule has 0 fully saturated rings. The first-order valence-electron chi connectivity index (χ1n) is 10.5. The van der Waals surface area contributed by atoms with E-state index in [4.69, 9.17) is 0 Å². The first-order chi connectivity index (χ1) is 15.7. The molecule has 2 aromatic carbocycles. The van der Waals surface area contributed by atoms with Crippen molar-refractivity contribution in [3.8, 4) is 0 Å². The highest BCUT2D eigenvalue weighted by molar-refractivity contribution is 5.98. The molecular weight excluding hydrogens is 424 g/mol. The van der Waals surface area contributed by atoms with Crippen molar-refractivity contribution < 1.29 is 9.59 Å². The number of rotatable bonds is 5. The minimum absolute atomic E-state index is 0.0713. The van der Waals surface area contributed by atoms with Gasteiger partial charge in [-0.15, -0.1) is 5.10 Å². The van der Waals surface area contributed by atoms with Crippen molar-refractivity contribution in [1.82, 2.24) is 24.1 Å². The van der Waals surface area contributed by atoms with Gasteiger partial charge < -0.3 is 10.6 Å². The van der Waals surface area contributed by atoms with Gasteiger partial charge in [-0.1, -0.05) is 17.7 Å². The molecular formula is C23H24N6O4. The zero-order chi connectivity index (χ0) is 23.9. The van der Waals surface area contributed by atoms with E-state index in [2.05, 4.69) is 15.7 Å². The van der Waals surface area contributed by atoms with Crippen LogP contribution in [0.4, 0.5) is 5.69 Å². The van der Waals surface area contributed by atoms with Gasteiger partial charge in [0.2, 0.25) is 11.7 Å². The Balaban J connectivity index is 1.78. The Kier molecular flexibility index (Phi) is 5.59. The summed E-state index contributed by atoms with van der Waals surface area (Å²) in [6, 6.07) is 11.7. The SMILES string of the molecule is Cc1ccc(NC(=O)Cn2nc3n(C)c(=O)c4ccc(C(=O)NC(C)C)cc4n3c2=O)cc1. The third-order valence-corrected chi connectivity index (χ3v) is 5.21. The fourth-order valence-corrected chi connectivity index (χ4v) is 3.56. The standard InChI is InChI=1S/C23H24N6O4/c1-13(2)24-20(31)15-7-10-17-18(11-15)29-22(27(4)21(17)32)26-28(23(29)33)12-19(30)25-16-8-5-14(3)6-9-16/h5-11,13H,12H2,1-4H3,(H,24,31)(H,25,30). The van der Waals surface area contributed by atoms with E-state index >= 15 is 0 Å². The average molecular weight is 448 g/mol. The summed E-state index contributed by atoms with van der Waals surface area (Å²) in [4.78, 5) is 51.0. The largest absolute Gasteiger partial charge is 0.352 e. The van der Waals surface area contributed by atoms with Crippen molar-refractivity contribution in [3.05, 3.63) is 74.4 Å². The summed E-state index contributed by atoms with van der Waals surface area (Å²) in [6.45, 7) is 5.28. The molecule has 0 aliphatic rings. The Labute approximate surface area is 188 Å². The summed E-state index contributed by atoms with van der Waals surface area (Å²) in [5, 5.41) is 9.98. The number of fused-ring (bicyclic) bond motifs is 3. The lowest BCUT2D eigenvalue weighted by atomic mass is 10.1. The predicted molar refractivity (Wildman–Crippen MR) is 125 cm³/mol. The van der Waals surface area contributed by atoms with Gasteiger partial charge in [0.05, 0.1) is 10.9 Å². The fourth-order valence-electron chi connectivity index (χ4n) is 3.56. The molecule has 0 saturated carbocycles. The minimum atomic E-state index is -0.592. The van der Waals surface area contributed by atoms with Crippen molar-refractivity contribution in [2.45, 2.75) is 33.4 Å². The first kappa shape index (κ1) is 22.0. The van der Waals surface area contributed by atoms with Gasteiger partial charge in [-0.2, -0.15) is 0 Å². The number of nitrogens with zero attached hydrogens (tertiary/aromatic N) is 4. The van der Waals surface area contributed by atoms with Crippen molar-refractivity contribution >= 4 is 34.2 Å². The maximum Gasteiger partial charge on any atom is 0.352 e. The monoisotopic (exact) mass is 448 g/mol. The van der Waals surface area contributed by atoms with Crippen LogP contribution in [0.2, 0.25) is 0 Å². The normalized spacial score (nSPS) is 11.3. The molecule has 10 heteroatoms. The summed E-state index contributed by atoms with van der Waals surface area (Å²) in [5.74, 6) is -0.684. The Morgan fingerprint density at radius 2 is 1.76 bits per heavy atom. The molecule has 0 radical (unpaired) electrons. The Morgan fingerprint density at radius 3 is 2.42 bits per heavy atom. The van der Waals surface area contributed by atoms with Crippen LogP contribution < -0.4 is 21.9 Å². The first-order valence-corrected chi connectivity index (χ1v) is 10.5. The van der Waals surface area contributed by atoms with Crippen LogP contribution in [-0.4, -0.2) is 36.6 Å². The molecule has 0 spiro atoms. The number of carbonyl (C=O) groups is 2. The molecule has 2 N–H and O–H groups in total. The summed E-state index contributed by atoms with van der Waals surface area (Å²) in [5.41, 5.74) is 1.25. The molecule has 0 unspecified atom stereocenters. The summed E-state index contributed by atoms with van der Waals surface area (Å²) < 4.78 is 3.48. The van der Waals surface area contributed by atoms with E-state index in [-0.39, 0.29) is 40.7 Å². The second kappa shape index (κ2) is 8.38. The highest BCUT2D eigenvalue weighted by Gasteiger charge is 2.19. The number of benzene rings is 2. The quantitative estimate of drug-likeness (QED) is 0.479. The number of nitrogens with one attached hydrogen (secondary N) is 2. The molecule has 4 rings (SSSR count). The van der Waals surface area contributed by atoms with E-state index in [0.717, 1.165) is 10.2 Å². The average Bonchev–Trinajstić information content (AvgIpc) is 3.09. The fraction of sp³-hybridized carbons (Fsp3) is 0.261. The van der Waals surface area contributed by atoms with Crippen LogP contribution in [0.5, 0.6) is 0 Å². The van der Waals surface area contributed by atoms with Gasteiger partial charge in [0.1, 0.15) is 6.54 Å². The highest BCUT2D eigenvalue weighted by atomic mass is 16.2. The molecule has 33 heavy (non-hydrogen) atoms. The molecule has 2 amide bonds. The second-order valence-corrected chi connectivity index (χ2v) is 8.21. The number of hydrogen-bond acceptors (Lipinski definition) is 5. The highest BCUT2D eigenvalue weighted by Crippen LogP contribution is 2.14. The number of carbonyl (C=O) groups excluding carboxylic acids is 2. The van der Waals surface area contributed by atoms with Gasteiger partial charge in [0.25, 0.3) is 11.5 Å². The van der Waals surface area contributed by atoms with Crippen molar-refractivity contribution in [1.29, 1.82) is 0 Å². The van der Waals surface area contributed by atoms with Crippen molar-refractivity contribution in [2.24, 2.45) is 7.05 Å². The molecule has 0 aliphatic carbocycles. The van der Waals surface area contributed by atoms with Gasteiger partial charge in [0, 0.05) is 24.3 Å². The molecule has 10 nitrogen and oxygen atoms in total. The van der Waals surface area contributed by atoms with Crippen LogP contribution in [-0.2, 0) is 18.4 Å². The molecule has 4 aromatic rings. The Morgan fingerprint density at radius 1 is 1.06 bits per heavy atom. The van der Waals surface area contributed by atoms with Gasteiger partial charge in [0.15, 0.2) is 0 Å². The predicted octanol–water partition coefficient (Wildman–Crippen LogP) is 1.43. The lowest BCUT2D eigenvalue weighted by molar-refractivity contribution is -0.117. The van der Waals surface area contributed by atoms with Crippen LogP contribution in [0, 0.1) is 6.92 Å². The number of anilines is 1. The van der Waals surface area contributed by atoms with Gasteiger partial charge >= 0.3 is 5.69 Å². The van der Waals surface area contributed by atoms with Crippen LogP contribution in [0.25, 0.3) is 16.7 Å². The van der Waals surface area contributed by atoms with Crippen LogP contribution in [0.15, 0.2) is 52.1 Å². The van der Waals surface area contributed by atoms with Gasteiger partial charge in [-0.05, 0) is 51.1 Å². The zero-order valence-corrected chi connectivity index (χ0v) is 18.7. The lowest BCUT2D eigenvalue weighted by Gasteiger charge is -2.10. The summed E-state index contributed by atoms with van der Waals surface area (Å²) in [6.07, 6.45) is 0. The van der Waals surface area contributed by atoms with E-state index < -0.39 is 11.6 Å². The maximum atomic E-state index is 13.2. The number of aromatic nitrogens is 4. The van der Waals surface area contributed by atoms with Crippen LogP contribution in [0.3, 0.4) is 0 Å². The molecule has 2 aromatic heterocycles. The maximum absolute atomic E-state index is 13.2. The van der Waals surface area contributed by atoms with E-state index in [0.29, 0.717) is 11.3 Å². The Bertz CT molecular complexity index is 1510. The number of aryl methyl sites for hydroxylation is 2. The molecule has 0 atom stereocenters. The topological polar surface area (TPSA) is 120 Å². The number of hydrogen-bond donors (Lipinski definition) is 2. The molecule has 0 bridgehead atoms. The van der Waals surface area contributed by atoms with E-state index in [1.165, 1.54) is 34.2 Å². The zero-order valence-electron chi connectivity index (χ0n) is 18.7. The third kappa shape index (κ3) is 4.14. The second-order valence-electron chi connectivity index (χ2n) is 8.21. The van der Waals surface area contributed by atoms with Crippen molar-refractivity contribution in [3.63, 3.8) is 0 Å². The third-order valence-electron chi connectivity index (χ3n) is 5.21. The van der Waals surface area contributed by atoms with Crippen LogP contribution >= 0.6 is 0 Å². The lowest BCUT2D eigenvalue weighted by Crippen LogP contribution is -2.31. The van der Waals surface area contributed by atoms with Gasteiger partial charge in [-0.3, -0.25) is 19.0 Å². The smallest absolute Gasteiger partial charge is 0.350 e. The number of amides is 2.